The van der Waals surface area contributed by atoms with E-state index in [2.05, 4.69) is 5.32 Å². The number of carboxylic acid groups (broad SMARTS) is 1. The standard InChI is InChI=1S/C7H15NO3S/c1-6(5-12(2)11)8-4-3-7(9)10/h6,8H,3-5H2,1-2H3,(H,9,10). The van der Waals surface area contributed by atoms with Crippen molar-refractivity contribution in [3.8, 4) is 0 Å². The fourth-order valence-corrected chi connectivity index (χ4v) is 1.66. The molecule has 0 bridgehead atoms. The quantitative estimate of drug-likeness (QED) is 0.614. The van der Waals surface area contributed by atoms with E-state index in [1.165, 1.54) is 0 Å². The molecular formula is C7H15NO3S. The molecule has 12 heavy (non-hydrogen) atoms. The molecule has 0 radical (unpaired) electrons. The maximum absolute atomic E-state index is 10.7. The summed E-state index contributed by atoms with van der Waals surface area (Å²) in [7, 11) is -0.820. The Bertz CT molecular complexity index is 172. The summed E-state index contributed by atoms with van der Waals surface area (Å²) in [5, 5.41) is 11.3. The molecule has 2 N–H and O–H groups in total. The fraction of sp³-hybridized carbons (Fsp3) is 0.857. The highest BCUT2D eigenvalue weighted by molar-refractivity contribution is 7.84. The summed E-state index contributed by atoms with van der Waals surface area (Å²) < 4.78 is 10.7. The molecule has 0 aliphatic heterocycles. The molecule has 4 nitrogen and oxygen atoms in total. The summed E-state index contributed by atoms with van der Waals surface area (Å²) >= 11 is 0. The van der Waals surface area contributed by atoms with Gasteiger partial charge in [0.15, 0.2) is 0 Å². The highest BCUT2D eigenvalue weighted by atomic mass is 32.2. The third-order valence-electron chi connectivity index (χ3n) is 1.32. The number of rotatable bonds is 6. The number of carbonyl (C=O) groups is 1. The van der Waals surface area contributed by atoms with Crippen molar-refractivity contribution >= 4 is 16.8 Å². The van der Waals surface area contributed by atoms with Crippen LogP contribution in [0, 0.1) is 0 Å². The van der Waals surface area contributed by atoms with E-state index in [9.17, 15) is 9.00 Å². The molecule has 0 fully saturated rings. The second-order valence-corrected chi connectivity index (χ2v) is 4.22. The van der Waals surface area contributed by atoms with Crippen molar-refractivity contribution in [1.82, 2.24) is 5.32 Å². The topological polar surface area (TPSA) is 66.4 Å². The Hall–Kier alpha value is -0.420. The monoisotopic (exact) mass is 193 g/mol. The molecule has 0 saturated heterocycles. The minimum atomic E-state index is -0.820. The molecule has 72 valence electrons. The third-order valence-corrected chi connectivity index (χ3v) is 2.29. The average Bonchev–Trinajstić information content (AvgIpc) is 1.84. The average molecular weight is 193 g/mol. The van der Waals surface area contributed by atoms with Gasteiger partial charge in [0.25, 0.3) is 0 Å². The first kappa shape index (κ1) is 11.6. The smallest absolute Gasteiger partial charge is 0.304 e. The minimum absolute atomic E-state index is 0.112. The van der Waals surface area contributed by atoms with Crippen molar-refractivity contribution in [3.63, 3.8) is 0 Å². The summed E-state index contributed by atoms with van der Waals surface area (Å²) in [4.78, 5) is 10.1. The van der Waals surface area contributed by atoms with E-state index < -0.39 is 16.8 Å². The van der Waals surface area contributed by atoms with Crippen LogP contribution in [0.2, 0.25) is 0 Å². The predicted octanol–water partition coefficient (Wildman–Crippen LogP) is -0.182. The molecule has 0 aromatic heterocycles. The van der Waals surface area contributed by atoms with Gasteiger partial charge in [0, 0.05) is 35.4 Å². The molecule has 0 spiro atoms. The van der Waals surface area contributed by atoms with E-state index in [0.29, 0.717) is 12.3 Å². The maximum atomic E-state index is 10.7. The molecule has 5 heteroatoms. The van der Waals surface area contributed by atoms with Crippen molar-refractivity contribution < 1.29 is 14.1 Å². The lowest BCUT2D eigenvalue weighted by Gasteiger charge is -2.10. The van der Waals surface area contributed by atoms with Gasteiger partial charge < -0.3 is 10.4 Å². The van der Waals surface area contributed by atoms with Gasteiger partial charge in [0.2, 0.25) is 0 Å². The van der Waals surface area contributed by atoms with Crippen LogP contribution in [-0.2, 0) is 15.6 Å². The fourth-order valence-electron chi connectivity index (χ4n) is 0.836. The highest BCUT2D eigenvalue weighted by Crippen LogP contribution is 1.86. The Kier molecular flexibility index (Phi) is 5.92. The van der Waals surface area contributed by atoms with E-state index in [0.717, 1.165) is 0 Å². The van der Waals surface area contributed by atoms with E-state index in [4.69, 9.17) is 5.11 Å². The van der Waals surface area contributed by atoms with Crippen molar-refractivity contribution in [1.29, 1.82) is 0 Å². The summed E-state index contributed by atoms with van der Waals surface area (Å²) in [6.45, 7) is 2.33. The van der Waals surface area contributed by atoms with Gasteiger partial charge in [-0.3, -0.25) is 9.00 Å². The summed E-state index contributed by atoms with van der Waals surface area (Å²) in [6.07, 6.45) is 1.75. The van der Waals surface area contributed by atoms with Crippen LogP contribution in [0.15, 0.2) is 0 Å². The second-order valence-electron chi connectivity index (χ2n) is 2.74. The van der Waals surface area contributed by atoms with Gasteiger partial charge in [0.05, 0.1) is 6.42 Å². The molecule has 0 aromatic rings. The normalized spacial score (nSPS) is 15.5. The maximum Gasteiger partial charge on any atom is 0.304 e. The summed E-state index contributed by atoms with van der Waals surface area (Å²) in [6, 6.07) is 0.121. The predicted molar refractivity (Wildman–Crippen MR) is 48.7 cm³/mol. The van der Waals surface area contributed by atoms with Gasteiger partial charge in [-0.05, 0) is 6.92 Å². The van der Waals surface area contributed by atoms with E-state index in [1.807, 2.05) is 6.92 Å². The summed E-state index contributed by atoms with van der Waals surface area (Å²) in [5.74, 6) is -0.244. The van der Waals surface area contributed by atoms with Gasteiger partial charge in [0.1, 0.15) is 0 Å². The zero-order valence-corrected chi connectivity index (χ0v) is 8.19. The molecular weight excluding hydrogens is 178 g/mol. The lowest BCUT2D eigenvalue weighted by molar-refractivity contribution is -0.136. The molecule has 0 heterocycles. The zero-order valence-electron chi connectivity index (χ0n) is 7.37. The molecule has 0 saturated carbocycles. The van der Waals surface area contributed by atoms with Gasteiger partial charge in [-0.1, -0.05) is 0 Å². The van der Waals surface area contributed by atoms with Crippen LogP contribution in [0.3, 0.4) is 0 Å². The second kappa shape index (κ2) is 6.14. The Labute approximate surface area is 74.8 Å². The first-order chi connectivity index (χ1) is 5.52. The first-order valence-electron chi connectivity index (χ1n) is 3.77. The van der Waals surface area contributed by atoms with E-state index >= 15 is 0 Å². The highest BCUT2D eigenvalue weighted by Gasteiger charge is 2.03. The van der Waals surface area contributed by atoms with Crippen LogP contribution in [0.25, 0.3) is 0 Å². The van der Waals surface area contributed by atoms with E-state index in [-0.39, 0.29) is 12.5 Å². The van der Waals surface area contributed by atoms with Crippen LogP contribution < -0.4 is 5.32 Å². The van der Waals surface area contributed by atoms with Crippen LogP contribution >= 0.6 is 0 Å². The zero-order chi connectivity index (χ0) is 9.56. The number of hydrogen-bond acceptors (Lipinski definition) is 3. The number of carboxylic acids is 1. The van der Waals surface area contributed by atoms with Crippen molar-refractivity contribution in [2.45, 2.75) is 19.4 Å². The van der Waals surface area contributed by atoms with Crippen LogP contribution in [-0.4, -0.2) is 39.9 Å². The van der Waals surface area contributed by atoms with Gasteiger partial charge >= 0.3 is 5.97 Å². The molecule has 2 atom stereocenters. The number of hydrogen-bond donors (Lipinski definition) is 2. The lowest BCUT2D eigenvalue weighted by atomic mass is 10.3. The van der Waals surface area contributed by atoms with Gasteiger partial charge in [-0.15, -0.1) is 0 Å². The Morgan fingerprint density at radius 3 is 2.67 bits per heavy atom. The van der Waals surface area contributed by atoms with E-state index in [1.54, 1.807) is 6.26 Å². The molecule has 0 aliphatic carbocycles. The lowest BCUT2D eigenvalue weighted by Crippen LogP contribution is -2.32. The molecule has 0 rings (SSSR count). The summed E-state index contributed by atoms with van der Waals surface area (Å²) in [5.41, 5.74) is 0. The Morgan fingerprint density at radius 2 is 2.25 bits per heavy atom. The Morgan fingerprint density at radius 1 is 1.67 bits per heavy atom. The largest absolute Gasteiger partial charge is 0.481 e. The third kappa shape index (κ3) is 7.68. The van der Waals surface area contributed by atoms with Crippen molar-refractivity contribution in [2.24, 2.45) is 0 Å². The number of nitrogens with one attached hydrogen (secondary N) is 1. The SMILES string of the molecule is CC(CS(C)=O)NCCC(=O)O. The van der Waals surface area contributed by atoms with Gasteiger partial charge in [-0.25, -0.2) is 0 Å². The van der Waals surface area contributed by atoms with Crippen LogP contribution in [0.5, 0.6) is 0 Å². The molecule has 0 amide bonds. The molecule has 0 aliphatic rings. The van der Waals surface area contributed by atoms with Crippen molar-refractivity contribution in [2.75, 3.05) is 18.6 Å². The van der Waals surface area contributed by atoms with Crippen LogP contribution in [0.1, 0.15) is 13.3 Å². The first-order valence-corrected chi connectivity index (χ1v) is 5.50. The van der Waals surface area contributed by atoms with Crippen molar-refractivity contribution in [3.05, 3.63) is 0 Å². The van der Waals surface area contributed by atoms with Crippen LogP contribution in [0.4, 0.5) is 0 Å². The molecule has 0 aromatic carbocycles. The van der Waals surface area contributed by atoms with Gasteiger partial charge in [-0.2, -0.15) is 0 Å². The Balaban J connectivity index is 3.37. The number of aliphatic carboxylic acids is 1. The minimum Gasteiger partial charge on any atom is -0.481 e. The molecule has 2 unspecified atom stereocenters.